The fourth-order valence-electron chi connectivity index (χ4n) is 2.56. The van der Waals surface area contributed by atoms with E-state index in [1.54, 1.807) is 0 Å². The predicted octanol–water partition coefficient (Wildman–Crippen LogP) is 4.07. The topological polar surface area (TPSA) is 21.3 Å². The van der Waals surface area contributed by atoms with E-state index in [2.05, 4.69) is 38.2 Å². The Morgan fingerprint density at radius 1 is 1.20 bits per heavy atom. The SMILES string of the molecule is CC(C)(C)OC[C@@H]1CC[C@H](Cc2ccc(Cl)cc2)NC1. The summed E-state index contributed by atoms with van der Waals surface area (Å²) >= 11 is 5.92. The number of benzene rings is 1. The largest absolute Gasteiger partial charge is 0.376 e. The Morgan fingerprint density at radius 3 is 2.45 bits per heavy atom. The summed E-state index contributed by atoms with van der Waals surface area (Å²) in [5, 5.41) is 4.47. The third-order valence-electron chi connectivity index (χ3n) is 3.77. The van der Waals surface area contributed by atoms with E-state index in [-0.39, 0.29) is 5.60 Å². The van der Waals surface area contributed by atoms with Crippen molar-refractivity contribution in [1.82, 2.24) is 5.32 Å². The molecule has 0 bridgehead atoms. The molecule has 1 N–H and O–H groups in total. The maximum atomic E-state index is 5.92. The molecule has 0 aliphatic carbocycles. The molecular formula is C17H26ClNO. The highest BCUT2D eigenvalue weighted by molar-refractivity contribution is 6.30. The van der Waals surface area contributed by atoms with Crippen LogP contribution in [0, 0.1) is 5.92 Å². The molecule has 1 aliphatic rings. The summed E-state index contributed by atoms with van der Waals surface area (Å²) in [5.74, 6) is 0.649. The molecule has 0 radical (unpaired) electrons. The highest BCUT2D eigenvalue weighted by Crippen LogP contribution is 2.20. The molecule has 1 aliphatic heterocycles. The Morgan fingerprint density at radius 2 is 1.90 bits per heavy atom. The molecule has 1 fully saturated rings. The van der Waals surface area contributed by atoms with Gasteiger partial charge in [0.1, 0.15) is 0 Å². The lowest BCUT2D eigenvalue weighted by Crippen LogP contribution is -2.42. The fourth-order valence-corrected chi connectivity index (χ4v) is 2.69. The van der Waals surface area contributed by atoms with Crippen molar-refractivity contribution in [3.63, 3.8) is 0 Å². The Balaban J connectivity index is 1.73. The van der Waals surface area contributed by atoms with E-state index in [1.807, 2.05) is 12.1 Å². The van der Waals surface area contributed by atoms with Gasteiger partial charge in [-0.05, 0) is 63.6 Å². The highest BCUT2D eigenvalue weighted by Gasteiger charge is 2.22. The monoisotopic (exact) mass is 295 g/mol. The molecule has 2 rings (SSSR count). The Bertz CT molecular complexity index is 402. The number of hydrogen-bond donors (Lipinski definition) is 1. The van der Waals surface area contributed by atoms with Crippen LogP contribution in [-0.2, 0) is 11.2 Å². The van der Waals surface area contributed by atoms with Crippen LogP contribution in [0.1, 0.15) is 39.2 Å². The van der Waals surface area contributed by atoms with Gasteiger partial charge in [-0.25, -0.2) is 0 Å². The molecule has 0 saturated carbocycles. The second kappa shape index (κ2) is 6.93. The van der Waals surface area contributed by atoms with Crippen molar-refractivity contribution < 1.29 is 4.74 Å². The van der Waals surface area contributed by atoms with E-state index >= 15 is 0 Å². The summed E-state index contributed by atoms with van der Waals surface area (Å²) < 4.78 is 5.88. The van der Waals surface area contributed by atoms with Gasteiger partial charge in [-0.1, -0.05) is 23.7 Å². The summed E-state index contributed by atoms with van der Waals surface area (Å²) in [6, 6.07) is 8.78. The second-order valence-corrected chi connectivity index (χ2v) is 7.24. The van der Waals surface area contributed by atoms with Crippen LogP contribution in [0.5, 0.6) is 0 Å². The van der Waals surface area contributed by atoms with Gasteiger partial charge in [0.25, 0.3) is 0 Å². The van der Waals surface area contributed by atoms with Crippen LogP contribution in [0.2, 0.25) is 5.02 Å². The van der Waals surface area contributed by atoms with Crippen molar-refractivity contribution in [1.29, 1.82) is 0 Å². The van der Waals surface area contributed by atoms with Crippen molar-refractivity contribution in [3.8, 4) is 0 Å². The van der Waals surface area contributed by atoms with E-state index in [0.29, 0.717) is 12.0 Å². The Labute approximate surface area is 127 Å². The first-order valence-corrected chi connectivity index (χ1v) is 7.92. The summed E-state index contributed by atoms with van der Waals surface area (Å²) in [5.41, 5.74) is 1.33. The number of rotatable bonds is 4. The summed E-state index contributed by atoms with van der Waals surface area (Å²) in [4.78, 5) is 0. The predicted molar refractivity (Wildman–Crippen MR) is 85.4 cm³/mol. The molecule has 0 unspecified atom stereocenters. The van der Waals surface area contributed by atoms with Gasteiger partial charge in [0.2, 0.25) is 0 Å². The number of piperidine rings is 1. The number of ether oxygens (including phenoxy) is 1. The summed E-state index contributed by atoms with van der Waals surface area (Å²) in [6.07, 6.45) is 3.56. The molecule has 0 spiro atoms. The standard InChI is InChI=1S/C17H26ClNO/c1-17(2,3)20-12-14-6-9-16(19-11-14)10-13-4-7-15(18)8-5-13/h4-5,7-8,14,16,19H,6,9-12H2,1-3H3/t14-,16-/m1/s1. The first-order chi connectivity index (χ1) is 9.42. The molecule has 0 amide bonds. The van der Waals surface area contributed by atoms with Gasteiger partial charge in [-0.3, -0.25) is 0 Å². The van der Waals surface area contributed by atoms with Gasteiger partial charge >= 0.3 is 0 Å². The lowest BCUT2D eigenvalue weighted by Gasteiger charge is -2.32. The second-order valence-electron chi connectivity index (χ2n) is 6.80. The van der Waals surface area contributed by atoms with Crippen molar-refractivity contribution in [3.05, 3.63) is 34.9 Å². The Kier molecular flexibility index (Phi) is 5.48. The van der Waals surface area contributed by atoms with Crippen LogP contribution in [0.15, 0.2) is 24.3 Å². The number of hydrogen-bond acceptors (Lipinski definition) is 2. The lowest BCUT2D eigenvalue weighted by molar-refractivity contribution is -0.0270. The normalized spacial score (nSPS) is 23.8. The minimum Gasteiger partial charge on any atom is -0.376 e. The highest BCUT2D eigenvalue weighted by atomic mass is 35.5. The molecular weight excluding hydrogens is 270 g/mol. The molecule has 1 aromatic rings. The van der Waals surface area contributed by atoms with Crippen LogP contribution in [0.4, 0.5) is 0 Å². The van der Waals surface area contributed by atoms with Crippen molar-refractivity contribution in [2.24, 2.45) is 5.92 Å². The molecule has 112 valence electrons. The zero-order chi connectivity index (χ0) is 14.6. The summed E-state index contributed by atoms with van der Waals surface area (Å²) in [7, 11) is 0. The van der Waals surface area contributed by atoms with E-state index in [1.165, 1.54) is 18.4 Å². The molecule has 20 heavy (non-hydrogen) atoms. The number of halogens is 1. The molecule has 0 aromatic heterocycles. The number of nitrogens with one attached hydrogen (secondary N) is 1. The van der Waals surface area contributed by atoms with Gasteiger partial charge < -0.3 is 10.1 Å². The van der Waals surface area contributed by atoms with Crippen LogP contribution < -0.4 is 5.32 Å². The molecule has 2 atom stereocenters. The van der Waals surface area contributed by atoms with Gasteiger partial charge in [0.05, 0.1) is 12.2 Å². The van der Waals surface area contributed by atoms with E-state index in [4.69, 9.17) is 16.3 Å². The van der Waals surface area contributed by atoms with E-state index in [9.17, 15) is 0 Å². The first-order valence-electron chi connectivity index (χ1n) is 7.54. The third kappa shape index (κ3) is 5.43. The molecule has 1 heterocycles. The molecule has 1 aromatic carbocycles. The minimum atomic E-state index is -0.0276. The lowest BCUT2D eigenvalue weighted by atomic mass is 9.91. The average Bonchev–Trinajstić information content (AvgIpc) is 2.40. The maximum Gasteiger partial charge on any atom is 0.0598 e. The van der Waals surface area contributed by atoms with Crippen LogP contribution in [0.3, 0.4) is 0 Å². The van der Waals surface area contributed by atoms with Gasteiger partial charge in [0.15, 0.2) is 0 Å². The molecule has 3 heteroatoms. The van der Waals surface area contributed by atoms with Crippen LogP contribution >= 0.6 is 11.6 Å². The minimum absolute atomic E-state index is 0.0276. The molecule has 1 saturated heterocycles. The van der Waals surface area contributed by atoms with E-state index < -0.39 is 0 Å². The van der Waals surface area contributed by atoms with Gasteiger partial charge in [-0.15, -0.1) is 0 Å². The van der Waals surface area contributed by atoms with Gasteiger partial charge in [0, 0.05) is 17.6 Å². The summed E-state index contributed by atoms with van der Waals surface area (Å²) in [6.45, 7) is 8.28. The first kappa shape index (κ1) is 15.8. The van der Waals surface area contributed by atoms with Crippen LogP contribution in [-0.4, -0.2) is 24.8 Å². The maximum absolute atomic E-state index is 5.92. The van der Waals surface area contributed by atoms with E-state index in [0.717, 1.165) is 24.6 Å². The zero-order valence-corrected chi connectivity index (χ0v) is 13.5. The molecule has 2 nitrogen and oxygen atoms in total. The smallest absolute Gasteiger partial charge is 0.0598 e. The third-order valence-corrected chi connectivity index (χ3v) is 4.02. The fraction of sp³-hybridized carbons (Fsp3) is 0.647. The zero-order valence-electron chi connectivity index (χ0n) is 12.8. The van der Waals surface area contributed by atoms with Crippen LogP contribution in [0.25, 0.3) is 0 Å². The van der Waals surface area contributed by atoms with Crippen molar-refractivity contribution in [2.45, 2.75) is 51.7 Å². The Hall–Kier alpha value is -0.570. The van der Waals surface area contributed by atoms with Gasteiger partial charge in [-0.2, -0.15) is 0 Å². The van der Waals surface area contributed by atoms with Crippen molar-refractivity contribution in [2.75, 3.05) is 13.2 Å². The van der Waals surface area contributed by atoms with Crippen molar-refractivity contribution >= 4 is 11.6 Å². The average molecular weight is 296 g/mol. The quantitative estimate of drug-likeness (QED) is 0.904.